The van der Waals surface area contributed by atoms with Gasteiger partial charge in [0.2, 0.25) is 0 Å². The van der Waals surface area contributed by atoms with Gasteiger partial charge in [0.25, 0.3) is 0 Å². The molecule has 0 saturated carbocycles. The van der Waals surface area contributed by atoms with E-state index in [1.807, 2.05) is 6.07 Å². The molecule has 0 heterocycles. The number of nitrogens with two attached hydrogens (primary N) is 2. The molecule has 0 saturated heterocycles. The number of carbonyl (C=O) groups is 1. The summed E-state index contributed by atoms with van der Waals surface area (Å²) in [6.07, 6.45) is 0. The number of benzene rings is 1. The van der Waals surface area contributed by atoms with E-state index in [9.17, 15) is 4.79 Å². The van der Waals surface area contributed by atoms with Gasteiger partial charge < -0.3 is 16.2 Å². The molecular weight excluding hydrogens is 182 g/mol. The van der Waals surface area contributed by atoms with Crippen LogP contribution in [0.5, 0.6) is 0 Å². The van der Waals surface area contributed by atoms with Gasteiger partial charge in [0, 0.05) is 0 Å². The molecule has 0 amide bonds. The van der Waals surface area contributed by atoms with Crippen molar-refractivity contribution in [2.45, 2.75) is 0 Å². The molecule has 0 aliphatic heterocycles. The van der Waals surface area contributed by atoms with Gasteiger partial charge in [-0.25, -0.2) is 9.79 Å². The van der Waals surface area contributed by atoms with E-state index < -0.39 is 5.97 Å². The van der Waals surface area contributed by atoms with E-state index in [0.717, 1.165) is 0 Å². The Kier molecular flexibility index (Phi) is 3.49. The molecule has 0 bridgehead atoms. The first-order chi connectivity index (χ1) is 6.70. The fraction of sp³-hybridized carbons (Fsp3) is 0.111. The molecule has 74 valence electrons. The second-order valence-electron chi connectivity index (χ2n) is 2.51. The van der Waals surface area contributed by atoms with Crippen molar-refractivity contribution in [2.24, 2.45) is 16.5 Å². The summed E-state index contributed by atoms with van der Waals surface area (Å²) in [5, 5.41) is 0. The fourth-order valence-corrected chi connectivity index (χ4v) is 0.823. The number of ether oxygens (including phenoxy) is 1. The summed E-state index contributed by atoms with van der Waals surface area (Å²) in [5.74, 6) is -0.554. The van der Waals surface area contributed by atoms with Crippen molar-refractivity contribution in [2.75, 3.05) is 6.73 Å². The Bertz CT molecular complexity index is 331. The first-order valence-electron chi connectivity index (χ1n) is 3.97. The predicted molar refractivity (Wildman–Crippen MR) is 52.5 cm³/mol. The summed E-state index contributed by atoms with van der Waals surface area (Å²) in [6.45, 7) is -0.157. The van der Waals surface area contributed by atoms with Crippen molar-refractivity contribution in [3.63, 3.8) is 0 Å². The van der Waals surface area contributed by atoms with Crippen LogP contribution < -0.4 is 11.5 Å². The molecule has 0 unspecified atom stereocenters. The van der Waals surface area contributed by atoms with Gasteiger partial charge in [-0.15, -0.1) is 0 Å². The Morgan fingerprint density at radius 2 is 1.93 bits per heavy atom. The summed E-state index contributed by atoms with van der Waals surface area (Å²) in [7, 11) is 0. The lowest BCUT2D eigenvalue weighted by molar-refractivity contribution is 0.0517. The topological polar surface area (TPSA) is 90.7 Å². The predicted octanol–water partition coefficient (Wildman–Crippen LogP) is 0.0743. The van der Waals surface area contributed by atoms with E-state index in [4.69, 9.17) is 16.2 Å². The number of carbonyl (C=O) groups excluding carboxylic acids is 1. The zero-order chi connectivity index (χ0) is 10.4. The first-order valence-corrected chi connectivity index (χ1v) is 3.97. The lowest BCUT2D eigenvalue weighted by Crippen LogP contribution is -2.23. The van der Waals surface area contributed by atoms with E-state index in [2.05, 4.69) is 4.99 Å². The van der Waals surface area contributed by atoms with Gasteiger partial charge in [-0.3, -0.25) is 0 Å². The molecule has 0 spiro atoms. The third-order valence-electron chi connectivity index (χ3n) is 1.45. The van der Waals surface area contributed by atoms with Crippen molar-refractivity contribution in [3.05, 3.63) is 35.9 Å². The Balaban J connectivity index is 2.48. The highest BCUT2D eigenvalue weighted by molar-refractivity contribution is 5.89. The van der Waals surface area contributed by atoms with Gasteiger partial charge >= 0.3 is 5.97 Å². The summed E-state index contributed by atoms with van der Waals surface area (Å²) < 4.78 is 4.75. The van der Waals surface area contributed by atoms with Crippen molar-refractivity contribution >= 4 is 11.9 Å². The van der Waals surface area contributed by atoms with Gasteiger partial charge in [-0.2, -0.15) is 0 Å². The molecule has 4 N–H and O–H groups in total. The van der Waals surface area contributed by atoms with Gasteiger partial charge in [0.05, 0.1) is 5.56 Å². The maximum absolute atomic E-state index is 11.3. The zero-order valence-electron chi connectivity index (χ0n) is 7.51. The number of esters is 1. The van der Waals surface area contributed by atoms with E-state index in [1.165, 1.54) is 0 Å². The van der Waals surface area contributed by atoms with E-state index >= 15 is 0 Å². The Morgan fingerprint density at radius 3 is 2.50 bits per heavy atom. The minimum atomic E-state index is -0.449. The van der Waals surface area contributed by atoms with Crippen LogP contribution in [0, 0.1) is 0 Å². The van der Waals surface area contributed by atoms with Crippen LogP contribution >= 0.6 is 0 Å². The molecule has 0 fully saturated rings. The zero-order valence-corrected chi connectivity index (χ0v) is 7.51. The third-order valence-corrected chi connectivity index (χ3v) is 1.45. The van der Waals surface area contributed by atoms with Crippen molar-refractivity contribution in [3.8, 4) is 0 Å². The molecule has 0 aromatic heterocycles. The monoisotopic (exact) mass is 193 g/mol. The average Bonchev–Trinajstić information content (AvgIpc) is 2.18. The molecule has 5 nitrogen and oxygen atoms in total. The molecule has 0 radical (unpaired) electrons. The highest BCUT2D eigenvalue weighted by Crippen LogP contribution is 2.00. The number of guanidine groups is 1. The quantitative estimate of drug-likeness (QED) is 0.404. The normalized spacial score (nSPS) is 9.14. The third kappa shape index (κ3) is 3.14. The van der Waals surface area contributed by atoms with Gasteiger partial charge in [0.1, 0.15) is 0 Å². The summed E-state index contributed by atoms with van der Waals surface area (Å²) in [6, 6.07) is 8.61. The van der Waals surface area contributed by atoms with Gasteiger partial charge in [-0.1, -0.05) is 18.2 Å². The fourth-order valence-electron chi connectivity index (χ4n) is 0.823. The Morgan fingerprint density at radius 1 is 1.29 bits per heavy atom. The lowest BCUT2D eigenvalue weighted by Gasteiger charge is -2.00. The second kappa shape index (κ2) is 4.86. The highest BCUT2D eigenvalue weighted by Gasteiger charge is 2.03. The summed E-state index contributed by atoms with van der Waals surface area (Å²) in [5.41, 5.74) is 10.6. The van der Waals surface area contributed by atoms with Crippen LogP contribution in [0.25, 0.3) is 0 Å². The van der Waals surface area contributed by atoms with Crippen LogP contribution in [0.15, 0.2) is 35.3 Å². The first kappa shape index (κ1) is 10.0. The van der Waals surface area contributed by atoms with Crippen LogP contribution in [-0.4, -0.2) is 18.7 Å². The number of hydrogen-bond acceptors (Lipinski definition) is 3. The number of hydrogen-bond donors (Lipinski definition) is 2. The number of aliphatic imine (C=N–C) groups is 1. The van der Waals surface area contributed by atoms with E-state index in [-0.39, 0.29) is 12.7 Å². The highest BCUT2D eigenvalue weighted by atomic mass is 16.5. The van der Waals surface area contributed by atoms with Crippen LogP contribution in [-0.2, 0) is 4.74 Å². The molecule has 14 heavy (non-hydrogen) atoms. The van der Waals surface area contributed by atoms with Crippen LogP contribution in [0.3, 0.4) is 0 Å². The molecule has 5 heteroatoms. The molecule has 0 aliphatic carbocycles. The standard InChI is InChI=1S/C9H11N3O2/c10-9(11)12-6-14-8(13)7-4-2-1-3-5-7/h1-5H,6H2,(H4,10,11,12). The van der Waals surface area contributed by atoms with Crippen LogP contribution in [0.2, 0.25) is 0 Å². The molecule has 0 atom stereocenters. The summed E-state index contributed by atoms with van der Waals surface area (Å²) >= 11 is 0. The smallest absolute Gasteiger partial charge is 0.339 e. The minimum Gasteiger partial charge on any atom is -0.439 e. The Hall–Kier alpha value is -2.04. The van der Waals surface area contributed by atoms with Crippen molar-refractivity contribution in [1.29, 1.82) is 0 Å². The minimum absolute atomic E-state index is 0.106. The molecular formula is C9H11N3O2. The van der Waals surface area contributed by atoms with E-state index in [1.54, 1.807) is 24.3 Å². The van der Waals surface area contributed by atoms with Crippen LogP contribution in [0.4, 0.5) is 0 Å². The van der Waals surface area contributed by atoms with Gasteiger partial charge in [-0.05, 0) is 12.1 Å². The van der Waals surface area contributed by atoms with E-state index in [0.29, 0.717) is 5.56 Å². The number of nitrogens with zero attached hydrogens (tertiary/aromatic N) is 1. The summed E-state index contributed by atoms with van der Waals surface area (Å²) in [4.78, 5) is 14.8. The van der Waals surface area contributed by atoms with Crippen LogP contribution in [0.1, 0.15) is 10.4 Å². The maximum Gasteiger partial charge on any atom is 0.339 e. The maximum atomic E-state index is 11.3. The largest absolute Gasteiger partial charge is 0.439 e. The van der Waals surface area contributed by atoms with Crippen molar-refractivity contribution in [1.82, 2.24) is 0 Å². The molecule has 1 aromatic carbocycles. The molecule has 1 rings (SSSR count). The average molecular weight is 193 g/mol. The Labute approximate surface area is 81.4 Å². The number of rotatable bonds is 3. The second-order valence-corrected chi connectivity index (χ2v) is 2.51. The lowest BCUT2D eigenvalue weighted by atomic mass is 10.2. The SMILES string of the molecule is NC(N)=NCOC(=O)c1ccccc1. The van der Waals surface area contributed by atoms with Gasteiger partial charge in [0.15, 0.2) is 12.7 Å². The molecule has 1 aromatic rings. The van der Waals surface area contributed by atoms with Crippen molar-refractivity contribution < 1.29 is 9.53 Å². The molecule has 0 aliphatic rings.